The maximum Gasteiger partial charge on any atom is 0.330 e. The largest absolute Gasteiger partial charge is 0.493 e. The number of nitrogens with two attached hydrogens (primary N) is 2. The van der Waals surface area contributed by atoms with Gasteiger partial charge in [0.25, 0.3) is 5.91 Å². The van der Waals surface area contributed by atoms with E-state index in [0.29, 0.717) is 73.1 Å². The van der Waals surface area contributed by atoms with Crippen molar-refractivity contribution in [1.82, 2.24) is 40.0 Å². The van der Waals surface area contributed by atoms with E-state index in [0.717, 1.165) is 131 Å². The Bertz CT molecular complexity index is 5020. The Morgan fingerprint density at radius 1 is 0.462 bits per heavy atom. The Morgan fingerprint density at radius 2 is 0.880 bits per heavy atom. The average molecular weight is 1590 g/mol. The molecule has 5 heterocycles. The lowest BCUT2D eigenvalue weighted by Crippen LogP contribution is -2.38. The lowest BCUT2D eigenvalue weighted by atomic mass is 9.94. The van der Waals surface area contributed by atoms with E-state index < -0.39 is 30.1 Å². The number of benzene rings is 9. The van der Waals surface area contributed by atoms with Gasteiger partial charge in [0.15, 0.2) is 57.9 Å². The summed E-state index contributed by atoms with van der Waals surface area (Å²) < 4.78 is 47.1. The molecular formula is C91H102N10O16. The number of carbonyl (C=O) groups is 6. The lowest BCUT2D eigenvalue weighted by molar-refractivity contribution is -0.141. The van der Waals surface area contributed by atoms with Gasteiger partial charge in [-0.15, -0.1) is 0 Å². The van der Waals surface area contributed by atoms with Crippen LogP contribution in [0, 0.1) is 0 Å². The van der Waals surface area contributed by atoms with Gasteiger partial charge in [-0.2, -0.15) is 0 Å². The molecule has 117 heavy (non-hydrogen) atoms. The van der Waals surface area contributed by atoms with Crippen LogP contribution in [-0.2, 0) is 62.7 Å². The Morgan fingerprint density at radius 3 is 1.34 bits per heavy atom. The molecule has 3 unspecified atom stereocenters. The highest BCUT2D eigenvalue weighted by Crippen LogP contribution is 2.45. The number of nitrogens with one attached hydrogen (secondary N) is 3. The molecule has 3 atom stereocenters. The van der Waals surface area contributed by atoms with E-state index in [1.165, 1.54) is 35.1 Å². The molecule has 26 nitrogen and oxygen atoms in total. The Kier molecular flexibility index (Phi) is 33.5. The van der Waals surface area contributed by atoms with Crippen molar-refractivity contribution in [3.8, 4) is 91.0 Å². The number of aliphatic carboxylic acids is 2. The minimum absolute atomic E-state index is 0.0410. The van der Waals surface area contributed by atoms with Gasteiger partial charge < -0.3 is 89.6 Å². The van der Waals surface area contributed by atoms with Gasteiger partial charge in [-0.25, -0.2) is 14.8 Å². The highest BCUT2D eigenvalue weighted by atomic mass is 16.5. The third kappa shape index (κ3) is 23.2. The maximum absolute atomic E-state index is 13.6. The SMILES string of the molecule is COc1cc2c(cc1OC)-c1c(-c3ccccc3)nc(C(=O)N3CCCCCC3)n1CC2.COc1cc2c(cc1OC)-c1c(-c3ccccc3)ncn1CC2.COc1ccc(CCN)cc1OC.COc1ccc(CCNC(=O)C(NC=O)c2ccccc2)cc1OC.NC(C(=O)O)c1ccccc1.O=CNC(C(=O)O)c1ccccc1. The van der Waals surface area contributed by atoms with Gasteiger partial charge in [0.1, 0.15) is 12.1 Å². The van der Waals surface area contributed by atoms with Gasteiger partial charge in [-0.3, -0.25) is 24.0 Å². The van der Waals surface area contributed by atoms with Gasteiger partial charge in [-0.05, 0) is 133 Å². The maximum atomic E-state index is 13.6. The lowest BCUT2D eigenvalue weighted by Gasteiger charge is -2.24. The standard InChI is InChI=1S/C26H29N3O3.C19H22N2O4.C19H18N2O2.C10H15NO2.C9H9NO3.C8H9NO2/c1-31-21-16-19-12-15-29-24(20(19)17-22(21)32-2)23(18-10-6-5-7-11-18)27-25(29)26(30)28-13-8-3-4-9-14-28;1-24-16-9-8-14(12-17(16)25-2)10-11-20-19(23)18(21-13-22)15-6-4-3-5-7-15;1-22-16-10-14-8-9-21-12-20-18(13-6-4-3-5-7-13)19(21)15(14)11-17(16)23-2;1-12-9-4-3-8(5-6-11)7-10(9)13-2;11-6-10-8(9(12)13)7-4-2-1-3-5-7;9-7(8(10)11)6-4-2-1-3-5-6/h5-7,10-11,16-17H,3-4,8-9,12-15H2,1-2H3;3-9,12-13,18H,10-11H2,1-2H3,(H,20,23)(H,21,22);3-7,10-12H,8-9H2,1-2H3;3-4,7H,5-6,11H2,1-2H3;1-6,8H,(H,10,11)(H,12,13);1-5,7H,9H2,(H,10,11). The van der Waals surface area contributed by atoms with Gasteiger partial charge in [0, 0.05) is 55.0 Å². The molecule has 9 N–H and O–H groups in total. The summed E-state index contributed by atoms with van der Waals surface area (Å²) >= 11 is 0. The molecule has 2 aromatic heterocycles. The number of ether oxygens (including phenoxy) is 8. The second kappa shape index (κ2) is 44.8. The minimum Gasteiger partial charge on any atom is -0.493 e. The number of methoxy groups -OCH3 is 8. The summed E-state index contributed by atoms with van der Waals surface area (Å²) in [6, 6.07) is 63.9. The topological polar surface area (TPSA) is 344 Å². The van der Waals surface area contributed by atoms with Crippen molar-refractivity contribution in [2.45, 2.75) is 82.6 Å². The van der Waals surface area contributed by atoms with Crippen LogP contribution in [0.25, 0.3) is 45.0 Å². The van der Waals surface area contributed by atoms with E-state index in [1.807, 2.05) is 114 Å². The average Bonchev–Trinajstić information content (AvgIpc) is 1.59. The van der Waals surface area contributed by atoms with Crippen LogP contribution in [0.15, 0.2) is 219 Å². The third-order valence-electron chi connectivity index (χ3n) is 19.7. The highest BCUT2D eigenvalue weighted by molar-refractivity contribution is 5.95. The minimum atomic E-state index is -1.07. The molecule has 3 aliphatic rings. The molecule has 0 saturated carbocycles. The summed E-state index contributed by atoms with van der Waals surface area (Å²) in [5, 5.41) is 24.9. The molecule has 9 aromatic carbocycles. The normalized spacial score (nSPS) is 12.6. The molecule has 0 spiro atoms. The summed E-state index contributed by atoms with van der Waals surface area (Å²) in [5.74, 6) is 4.01. The van der Waals surface area contributed by atoms with Crippen LogP contribution in [0.5, 0.6) is 46.0 Å². The van der Waals surface area contributed by atoms with E-state index in [2.05, 4.69) is 72.5 Å². The number of nitrogens with zero attached hydrogens (tertiary/aromatic N) is 5. The van der Waals surface area contributed by atoms with Crippen LogP contribution in [0.4, 0.5) is 0 Å². The summed E-state index contributed by atoms with van der Waals surface area (Å²) in [7, 11) is 13.1. The van der Waals surface area contributed by atoms with Gasteiger partial charge in [-0.1, -0.05) is 177 Å². The van der Waals surface area contributed by atoms with E-state index in [4.69, 9.17) is 64.6 Å². The molecular weight excluding hydrogens is 1490 g/mol. The first-order chi connectivity index (χ1) is 57.0. The van der Waals surface area contributed by atoms with Crippen LogP contribution in [0.3, 0.4) is 0 Å². The van der Waals surface area contributed by atoms with E-state index in [-0.39, 0.29) is 11.8 Å². The number of hydrogen-bond acceptors (Lipinski definition) is 18. The van der Waals surface area contributed by atoms with Crippen LogP contribution in [0.2, 0.25) is 0 Å². The Balaban J connectivity index is 0.000000167. The van der Waals surface area contributed by atoms with Crippen molar-refractivity contribution in [2.75, 3.05) is 83.1 Å². The van der Waals surface area contributed by atoms with Crippen molar-refractivity contribution >= 4 is 36.6 Å². The molecule has 1 fully saturated rings. The highest BCUT2D eigenvalue weighted by Gasteiger charge is 2.33. The second-order valence-corrected chi connectivity index (χ2v) is 26.9. The van der Waals surface area contributed by atoms with Crippen LogP contribution < -0.4 is 65.3 Å². The molecule has 0 aliphatic carbocycles. The number of imidazole rings is 2. The summed E-state index contributed by atoms with van der Waals surface area (Å²) in [4.78, 5) is 79.5. The fraction of sp³-hybridized carbons (Fsp3) is 0.275. The number of aryl methyl sites for hydroxylation is 3. The molecule has 612 valence electrons. The number of carboxylic acid groups (broad SMARTS) is 2. The van der Waals surface area contributed by atoms with Crippen LogP contribution >= 0.6 is 0 Å². The molecule has 1 saturated heterocycles. The monoisotopic (exact) mass is 1590 g/mol. The van der Waals surface area contributed by atoms with Crippen molar-refractivity contribution in [2.24, 2.45) is 11.5 Å². The fourth-order valence-electron chi connectivity index (χ4n) is 13.7. The third-order valence-corrected chi connectivity index (χ3v) is 19.7. The number of amides is 4. The first kappa shape index (κ1) is 87.5. The smallest absolute Gasteiger partial charge is 0.330 e. The van der Waals surface area contributed by atoms with E-state index >= 15 is 0 Å². The summed E-state index contributed by atoms with van der Waals surface area (Å²) in [5.41, 5.74) is 25.7. The van der Waals surface area contributed by atoms with Crippen molar-refractivity contribution in [3.63, 3.8) is 0 Å². The molecule has 0 radical (unpaired) electrons. The zero-order chi connectivity index (χ0) is 83.6. The molecule has 3 aliphatic heterocycles. The summed E-state index contributed by atoms with van der Waals surface area (Å²) in [6.07, 6.45) is 10.6. The van der Waals surface area contributed by atoms with Gasteiger partial charge in [0.2, 0.25) is 18.7 Å². The number of aromatic nitrogens is 4. The van der Waals surface area contributed by atoms with Crippen molar-refractivity contribution < 1.29 is 76.9 Å². The number of carbonyl (C=O) groups excluding carboxylic acids is 4. The first-order valence-electron chi connectivity index (χ1n) is 38.2. The molecule has 4 amide bonds. The number of likely N-dealkylation sites (tertiary alicyclic amines) is 1. The van der Waals surface area contributed by atoms with Crippen molar-refractivity contribution in [3.05, 3.63) is 263 Å². The molecule has 0 bridgehead atoms. The van der Waals surface area contributed by atoms with E-state index in [1.54, 1.807) is 124 Å². The fourth-order valence-corrected chi connectivity index (χ4v) is 13.7. The quantitative estimate of drug-likeness (QED) is 0.0248. The Labute approximate surface area is 681 Å². The van der Waals surface area contributed by atoms with Gasteiger partial charge in [0.05, 0.1) is 86.0 Å². The van der Waals surface area contributed by atoms with Gasteiger partial charge >= 0.3 is 11.9 Å². The summed E-state index contributed by atoms with van der Waals surface area (Å²) in [6.45, 7) is 4.35. The second-order valence-electron chi connectivity index (χ2n) is 26.9. The zero-order valence-corrected chi connectivity index (χ0v) is 67.1. The Hall–Kier alpha value is -13.5. The zero-order valence-electron chi connectivity index (χ0n) is 67.1. The molecule has 26 heteroatoms. The number of carboxylic acids is 2. The van der Waals surface area contributed by atoms with Crippen LogP contribution in [-0.4, -0.2) is 154 Å². The first-order valence-corrected chi connectivity index (χ1v) is 38.2. The predicted molar refractivity (Wildman–Crippen MR) is 448 cm³/mol. The predicted octanol–water partition coefficient (Wildman–Crippen LogP) is 13.0. The number of rotatable bonds is 26. The molecule has 11 aromatic rings. The van der Waals surface area contributed by atoms with Crippen molar-refractivity contribution in [1.29, 1.82) is 0 Å². The van der Waals surface area contributed by atoms with E-state index in [9.17, 15) is 28.8 Å². The number of fused-ring (bicyclic) bond motifs is 6. The molecule has 14 rings (SSSR count). The number of hydrogen-bond donors (Lipinski definition) is 7. The van der Waals surface area contributed by atoms with Crippen LogP contribution in [0.1, 0.15) is 93.4 Å².